The van der Waals surface area contributed by atoms with Gasteiger partial charge >= 0.3 is 5.97 Å². The highest BCUT2D eigenvalue weighted by molar-refractivity contribution is 6.36. The van der Waals surface area contributed by atoms with Crippen molar-refractivity contribution in [1.29, 1.82) is 0 Å². The number of halogens is 2. The zero-order chi connectivity index (χ0) is 39.6. The average molecular weight is 793 g/mol. The number of carboxylic acids is 1. The molecule has 4 amide bonds. The van der Waals surface area contributed by atoms with Gasteiger partial charge in [-0.2, -0.15) is 5.01 Å². The molecule has 56 heavy (non-hydrogen) atoms. The molecule has 2 aliphatic carbocycles. The Morgan fingerprint density at radius 1 is 0.964 bits per heavy atom. The highest BCUT2D eigenvalue weighted by Crippen LogP contribution is 2.65. The summed E-state index contributed by atoms with van der Waals surface area (Å²) in [5.41, 5.74) is 3.62. The van der Waals surface area contributed by atoms with Crippen molar-refractivity contribution in [1.82, 2.24) is 5.01 Å². The van der Waals surface area contributed by atoms with Crippen LogP contribution >= 0.6 is 23.2 Å². The van der Waals surface area contributed by atoms with Crippen molar-refractivity contribution in [2.45, 2.75) is 30.6 Å². The molecule has 4 aromatic rings. The number of ether oxygens (including phenoxy) is 1. The van der Waals surface area contributed by atoms with E-state index in [2.05, 4.69) is 12.0 Å². The number of carbonyl (C=O) groups excluding carboxylic acids is 4. The third-order valence-electron chi connectivity index (χ3n) is 11.8. The number of hydrogen-bond acceptors (Lipinski definition) is 8. The van der Waals surface area contributed by atoms with Gasteiger partial charge in [-0.15, -0.1) is 6.58 Å². The Balaban J connectivity index is 1.34. The van der Waals surface area contributed by atoms with Gasteiger partial charge in [0.2, 0.25) is 11.8 Å². The molecule has 0 bridgehead atoms. The molecule has 3 fully saturated rings. The van der Waals surface area contributed by atoms with Crippen molar-refractivity contribution in [3.05, 3.63) is 142 Å². The summed E-state index contributed by atoms with van der Waals surface area (Å²) in [6.45, 7) is 3.84. The van der Waals surface area contributed by atoms with E-state index in [9.17, 15) is 24.6 Å². The zero-order valence-electron chi connectivity index (χ0n) is 29.9. The number of carbonyl (C=O) groups is 5. The fourth-order valence-corrected chi connectivity index (χ4v) is 9.84. The first-order valence-corrected chi connectivity index (χ1v) is 18.7. The molecule has 2 heterocycles. The number of phenolic OH excluding ortho intramolecular Hbond substituents is 1. The fourth-order valence-electron chi connectivity index (χ4n) is 9.38. The van der Waals surface area contributed by atoms with Gasteiger partial charge in [0.05, 0.1) is 52.2 Å². The number of imide groups is 2. The predicted molar refractivity (Wildman–Crippen MR) is 209 cm³/mol. The number of rotatable bonds is 9. The maximum Gasteiger partial charge on any atom is 0.335 e. The third-order valence-corrected chi connectivity index (χ3v) is 12.3. The lowest BCUT2D eigenvalue weighted by Crippen LogP contribution is -2.53. The summed E-state index contributed by atoms with van der Waals surface area (Å²) in [6, 6.07) is 22.4. The lowest BCUT2D eigenvalue weighted by molar-refractivity contribution is -0.138. The largest absolute Gasteiger partial charge is 0.507 e. The van der Waals surface area contributed by atoms with Crippen LogP contribution in [0.4, 0.5) is 11.4 Å². The number of fused-ring (bicyclic) bond motifs is 4. The van der Waals surface area contributed by atoms with Crippen LogP contribution in [0.15, 0.2) is 109 Å². The van der Waals surface area contributed by atoms with E-state index >= 15 is 9.59 Å². The first-order chi connectivity index (χ1) is 26.9. The molecule has 3 N–H and O–H groups in total. The van der Waals surface area contributed by atoms with Crippen molar-refractivity contribution >= 4 is 64.2 Å². The Bertz CT molecular complexity index is 2400. The van der Waals surface area contributed by atoms with Gasteiger partial charge < -0.3 is 14.9 Å². The number of para-hydroxylation sites is 1. The van der Waals surface area contributed by atoms with Gasteiger partial charge in [0.1, 0.15) is 11.5 Å². The van der Waals surface area contributed by atoms with Gasteiger partial charge in [0.25, 0.3) is 11.8 Å². The number of carboxylic acid groups (broad SMARTS) is 1. The second-order valence-electron chi connectivity index (χ2n) is 14.4. The van der Waals surface area contributed by atoms with Crippen molar-refractivity contribution in [3.8, 4) is 11.5 Å². The Labute approximate surface area is 331 Å². The van der Waals surface area contributed by atoms with E-state index in [4.69, 9.17) is 27.9 Å². The number of amides is 4. The Kier molecular flexibility index (Phi) is 9.25. The number of allylic oxidation sites excluding steroid dienone is 3. The third kappa shape index (κ3) is 5.51. The van der Waals surface area contributed by atoms with Gasteiger partial charge in [-0.3, -0.25) is 29.5 Å². The monoisotopic (exact) mass is 791 g/mol. The van der Waals surface area contributed by atoms with Gasteiger partial charge in [-0.25, -0.2) is 4.79 Å². The SMILES string of the molecule is C=CCc1cccc(C2C3=CCC4C(=O)N(c5cccc(C(=O)O)c5)C(=O)C4C3CC3C(=O)N(Nc4ccc(Cl)cc4Cl)C(=O)C32c2ccc(OC)cc2)c1O. The predicted octanol–water partition coefficient (Wildman–Crippen LogP) is 7.32. The number of hydrogen-bond donors (Lipinski definition) is 3. The highest BCUT2D eigenvalue weighted by atomic mass is 35.5. The molecule has 6 unspecified atom stereocenters. The Hall–Kier alpha value is -5.91. The van der Waals surface area contributed by atoms with Crippen molar-refractivity contribution in [2.24, 2.45) is 23.7 Å². The molecule has 284 valence electrons. The summed E-state index contributed by atoms with van der Waals surface area (Å²) >= 11 is 12.7. The van der Waals surface area contributed by atoms with Gasteiger partial charge in [-0.05, 0) is 84.8 Å². The zero-order valence-corrected chi connectivity index (χ0v) is 31.5. The summed E-state index contributed by atoms with van der Waals surface area (Å²) in [4.78, 5) is 72.1. The van der Waals surface area contributed by atoms with E-state index in [1.54, 1.807) is 60.7 Å². The quantitative estimate of drug-likeness (QED) is 0.117. The number of aromatic carboxylic acids is 1. The maximum atomic E-state index is 15.5. The molecule has 0 radical (unpaired) electrons. The molecule has 1 saturated carbocycles. The maximum absolute atomic E-state index is 15.5. The molecule has 6 atom stereocenters. The number of phenols is 1. The van der Waals surface area contributed by atoms with Crippen LogP contribution in [0.2, 0.25) is 10.0 Å². The molecule has 13 heteroatoms. The van der Waals surface area contributed by atoms with E-state index in [-0.39, 0.29) is 40.6 Å². The van der Waals surface area contributed by atoms with Crippen molar-refractivity contribution < 1.29 is 38.9 Å². The lowest BCUT2D eigenvalue weighted by atomic mass is 9.49. The van der Waals surface area contributed by atoms with Gasteiger partial charge in [0, 0.05) is 16.5 Å². The van der Waals surface area contributed by atoms with Crippen LogP contribution < -0.4 is 15.1 Å². The van der Waals surface area contributed by atoms with E-state index in [1.165, 1.54) is 37.4 Å². The van der Waals surface area contributed by atoms with E-state index in [0.29, 0.717) is 39.5 Å². The average Bonchev–Trinajstić information content (AvgIpc) is 3.57. The second-order valence-corrected chi connectivity index (χ2v) is 15.3. The minimum atomic E-state index is -1.67. The molecule has 0 spiro atoms. The van der Waals surface area contributed by atoms with Crippen LogP contribution in [0.25, 0.3) is 0 Å². The molecular formula is C43H35Cl2N3O8. The minimum absolute atomic E-state index is 0.00175. The van der Waals surface area contributed by atoms with Crippen LogP contribution in [0.1, 0.15) is 45.8 Å². The van der Waals surface area contributed by atoms with E-state index in [1.807, 2.05) is 6.08 Å². The summed E-state index contributed by atoms with van der Waals surface area (Å²) in [7, 11) is 1.52. The number of nitrogens with one attached hydrogen (secondary N) is 1. The molecule has 4 aliphatic rings. The number of nitrogens with zero attached hydrogens (tertiary/aromatic N) is 2. The fraction of sp³-hybridized carbons (Fsp3) is 0.233. The van der Waals surface area contributed by atoms with E-state index < -0.39 is 64.6 Å². The van der Waals surface area contributed by atoms with Gasteiger partial charge in [0.15, 0.2) is 0 Å². The van der Waals surface area contributed by atoms with Gasteiger partial charge in [-0.1, -0.05) is 77.3 Å². The first-order valence-electron chi connectivity index (χ1n) is 18.0. The normalized spacial score (nSPS) is 25.3. The number of hydrazine groups is 1. The number of benzene rings is 4. The highest BCUT2D eigenvalue weighted by Gasteiger charge is 2.70. The molecule has 2 saturated heterocycles. The smallest absolute Gasteiger partial charge is 0.335 e. The Morgan fingerprint density at radius 2 is 1.71 bits per heavy atom. The minimum Gasteiger partial charge on any atom is -0.507 e. The van der Waals surface area contributed by atoms with Crippen LogP contribution in [0.3, 0.4) is 0 Å². The molecule has 11 nitrogen and oxygen atoms in total. The molecule has 8 rings (SSSR count). The standard InChI is InChI=1S/C43H35Cl2N3O8/c1-3-6-22-7-5-10-30(37(22)49)36-28-16-17-29-35(40(52)47(38(29)50)26-9-4-8-23(19-26)41(53)54)31(28)21-32-39(51)48(46-34-18-13-25(44)20-33(34)45)42(55)43(32,36)24-11-14-27(56-2)15-12-24/h3-5,7-16,18-20,29,31-32,35-36,46,49H,1,6,17,21H2,2H3,(H,53,54). The number of aromatic hydroxyl groups is 1. The van der Waals surface area contributed by atoms with Crippen LogP contribution in [0.5, 0.6) is 11.5 Å². The van der Waals surface area contributed by atoms with Crippen molar-refractivity contribution in [3.63, 3.8) is 0 Å². The number of anilines is 2. The van der Waals surface area contributed by atoms with Crippen molar-refractivity contribution in [2.75, 3.05) is 17.4 Å². The summed E-state index contributed by atoms with van der Waals surface area (Å²) in [5, 5.41) is 23.2. The first kappa shape index (κ1) is 37.0. The van der Waals surface area contributed by atoms with Crippen LogP contribution in [-0.2, 0) is 31.0 Å². The molecular weight excluding hydrogens is 757 g/mol. The molecule has 0 aromatic heterocycles. The van der Waals surface area contributed by atoms with E-state index in [0.717, 1.165) is 9.91 Å². The van der Waals surface area contributed by atoms with Crippen LogP contribution in [0, 0.1) is 23.7 Å². The van der Waals surface area contributed by atoms with Crippen LogP contribution in [-0.4, -0.2) is 51.9 Å². The molecule has 4 aromatic carbocycles. The Morgan fingerprint density at radius 3 is 2.41 bits per heavy atom. The second kappa shape index (κ2) is 14.0. The summed E-state index contributed by atoms with van der Waals surface area (Å²) in [5.74, 6) is -7.57. The molecule has 2 aliphatic heterocycles. The summed E-state index contributed by atoms with van der Waals surface area (Å²) in [6.07, 6.45) is 3.97. The number of methoxy groups -OCH3 is 1. The lowest BCUT2D eigenvalue weighted by Gasteiger charge is -2.50. The topological polar surface area (TPSA) is 154 Å². The summed E-state index contributed by atoms with van der Waals surface area (Å²) < 4.78 is 5.46.